The van der Waals surface area contributed by atoms with E-state index in [1.807, 2.05) is 57.2 Å². The zero-order valence-corrected chi connectivity index (χ0v) is 15.8. The molecule has 0 aliphatic heterocycles. The van der Waals surface area contributed by atoms with E-state index in [1.165, 1.54) is 0 Å². The molecule has 0 radical (unpaired) electrons. The Morgan fingerprint density at radius 2 is 1.65 bits per heavy atom. The highest BCUT2D eigenvalue weighted by Crippen LogP contribution is 2.27. The quantitative estimate of drug-likeness (QED) is 0.743. The summed E-state index contributed by atoms with van der Waals surface area (Å²) >= 11 is 0. The van der Waals surface area contributed by atoms with Crippen LogP contribution in [-0.2, 0) is 4.79 Å². The van der Waals surface area contributed by atoms with Gasteiger partial charge in [0.15, 0.2) is 17.6 Å². The van der Waals surface area contributed by atoms with Gasteiger partial charge in [-0.25, -0.2) is 0 Å². The van der Waals surface area contributed by atoms with E-state index in [0.29, 0.717) is 24.5 Å². The smallest absolute Gasteiger partial charge is 0.261 e. The van der Waals surface area contributed by atoms with Crippen LogP contribution in [0.5, 0.6) is 17.2 Å². The number of para-hydroxylation sites is 3. The van der Waals surface area contributed by atoms with Crippen molar-refractivity contribution in [3.05, 3.63) is 54.1 Å². The summed E-state index contributed by atoms with van der Waals surface area (Å²) in [6.45, 7) is 6.20. The Bertz CT molecular complexity index is 717. The van der Waals surface area contributed by atoms with Gasteiger partial charge in [-0.2, -0.15) is 0 Å². The fraction of sp³-hybridized carbons (Fsp3) is 0.381. The number of aryl methyl sites for hydroxylation is 1. The van der Waals surface area contributed by atoms with Crippen LogP contribution in [0.25, 0.3) is 0 Å². The second kappa shape index (κ2) is 9.70. The van der Waals surface area contributed by atoms with Crippen molar-refractivity contribution < 1.29 is 19.0 Å². The Morgan fingerprint density at radius 1 is 1.04 bits per heavy atom. The topological polar surface area (TPSA) is 56.8 Å². The van der Waals surface area contributed by atoms with Crippen LogP contribution >= 0.6 is 0 Å². The molecule has 0 aromatic heterocycles. The Balaban J connectivity index is 1.90. The molecule has 2 unspecified atom stereocenters. The lowest BCUT2D eigenvalue weighted by Gasteiger charge is -2.21. The number of nitrogens with one attached hydrogen (secondary N) is 1. The van der Waals surface area contributed by atoms with Gasteiger partial charge < -0.3 is 19.5 Å². The highest BCUT2D eigenvalue weighted by Gasteiger charge is 2.21. The molecular formula is C21H27NO4. The van der Waals surface area contributed by atoms with Crippen LogP contribution in [0, 0.1) is 6.92 Å². The van der Waals surface area contributed by atoms with Gasteiger partial charge in [0, 0.05) is 0 Å². The first-order chi connectivity index (χ1) is 12.5. The van der Waals surface area contributed by atoms with Gasteiger partial charge in [0.25, 0.3) is 5.91 Å². The highest BCUT2D eigenvalue weighted by molar-refractivity contribution is 5.81. The fourth-order valence-electron chi connectivity index (χ4n) is 2.50. The van der Waals surface area contributed by atoms with Crippen molar-refractivity contribution in [1.82, 2.24) is 5.32 Å². The van der Waals surface area contributed by atoms with E-state index >= 15 is 0 Å². The lowest BCUT2D eigenvalue weighted by atomic mass is 10.2. The summed E-state index contributed by atoms with van der Waals surface area (Å²) < 4.78 is 16.9. The minimum Gasteiger partial charge on any atom is -0.493 e. The Labute approximate surface area is 155 Å². The lowest BCUT2D eigenvalue weighted by molar-refractivity contribution is -0.129. The highest BCUT2D eigenvalue weighted by atomic mass is 16.5. The summed E-state index contributed by atoms with van der Waals surface area (Å²) in [5.41, 5.74) is 1.07. The molecule has 0 bridgehead atoms. The molecule has 2 aromatic carbocycles. The number of carbonyl (C=O) groups excluding carboxylic acids is 1. The number of ether oxygens (including phenoxy) is 3. The van der Waals surface area contributed by atoms with Gasteiger partial charge in [-0.15, -0.1) is 0 Å². The van der Waals surface area contributed by atoms with E-state index in [2.05, 4.69) is 5.32 Å². The number of methoxy groups -OCH3 is 1. The Morgan fingerprint density at radius 3 is 2.27 bits per heavy atom. The first-order valence-corrected chi connectivity index (χ1v) is 8.83. The van der Waals surface area contributed by atoms with Crippen LogP contribution in [-0.4, -0.2) is 31.8 Å². The molecule has 26 heavy (non-hydrogen) atoms. The molecule has 1 amide bonds. The maximum atomic E-state index is 12.5. The zero-order chi connectivity index (χ0) is 18.9. The van der Waals surface area contributed by atoms with E-state index in [0.717, 1.165) is 11.3 Å². The molecule has 0 saturated heterocycles. The third-order valence-corrected chi connectivity index (χ3v) is 3.97. The first-order valence-electron chi connectivity index (χ1n) is 8.83. The van der Waals surface area contributed by atoms with E-state index in [9.17, 15) is 4.79 Å². The molecule has 0 aliphatic rings. The van der Waals surface area contributed by atoms with E-state index in [1.54, 1.807) is 19.2 Å². The molecule has 5 nitrogen and oxygen atoms in total. The predicted molar refractivity (Wildman–Crippen MR) is 102 cm³/mol. The lowest BCUT2D eigenvalue weighted by Crippen LogP contribution is -2.44. The van der Waals surface area contributed by atoms with E-state index in [4.69, 9.17) is 14.2 Å². The third kappa shape index (κ3) is 5.41. The largest absolute Gasteiger partial charge is 0.493 e. The van der Waals surface area contributed by atoms with Crippen molar-refractivity contribution in [2.24, 2.45) is 0 Å². The SMILES string of the molecule is CCC(Oc1ccccc1OC)C(=O)NC(C)COc1ccccc1C. The average Bonchev–Trinajstić information content (AvgIpc) is 2.65. The van der Waals surface area contributed by atoms with Crippen molar-refractivity contribution in [3.8, 4) is 17.2 Å². The molecule has 0 spiro atoms. The molecule has 0 saturated carbocycles. The van der Waals surface area contributed by atoms with Crippen LogP contribution in [0.4, 0.5) is 0 Å². The molecule has 5 heteroatoms. The van der Waals surface area contributed by atoms with E-state index < -0.39 is 6.10 Å². The third-order valence-electron chi connectivity index (χ3n) is 3.97. The predicted octanol–water partition coefficient (Wildman–Crippen LogP) is 3.74. The molecule has 140 valence electrons. The van der Waals surface area contributed by atoms with Gasteiger partial charge in [-0.05, 0) is 44.0 Å². The molecule has 2 aromatic rings. The van der Waals surface area contributed by atoms with E-state index in [-0.39, 0.29) is 11.9 Å². The second-order valence-corrected chi connectivity index (χ2v) is 6.15. The van der Waals surface area contributed by atoms with Gasteiger partial charge in [-0.1, -0.05) is 37.3 Å². The monoisotopic (exact) mass is 357 g/mol. The maximum absolute atomic E-state index is 12.5. The number of hydrogen-bond acceptors (Lipinski definition) is 4. The summed E-state index contributed by atoms with van der Waals surface area (Å²) in [7, 11) is 1.58. The van der Waals surface area contributed by atoms with Crippen molar-refractivity contribution in [2.45, 2.75) is 39.3 Å². The van der Waals surface area contributed by atoms with Crippen molar-refractivity contribution in [3.63, 3.8) is 0 Å². The Kier molecular flexibility index (Phi) is 7.33. The molecule has 0 fully saturated rings. The summed E-state index contributed by atoms with van der Waals surface area (Å²) in [5, 5.41) is 2.95. The molecule has 2 rings (SSSR count). The number of hydrogen-bond donors (Lipinski definition) is 1. The van der Waals surface area contributed by atoms with Gasteiger partial charge >= 0.3 is 0 Å². The minimum atomic E-state index is -0.591. The number of rotatable bonds is 9. The number of amides is 1. The zero-order valence-electron chi connectivity index (χ0n) is 15.8. The van der Waals surface area contributed by atoms with Gasteiger partial charge in [-0.3, -0.25) is 4.79 Å². The summed E-state index contributed by atoms with van der Waals surface area (Å²) in [5.74, 6) is 1.82. The normalized spacial score (nSPS) is 12.8. The number of benzene rings is 2. The molecule has 1 N–H and O–H groups in total. The van der Waals surface area contributed by atoms with Crippen molar-refractivity contribution in [1.29, 1.82) is 0 Å². The van der Waals surface area contributed by atoms with Crippen molar-refractivity contribution >= 4 is 5.91 Å². The van der Waals surface area contributed by atoms with Gasteiger partial charge in [0.05, 0.1) is 13.2 Å². The summed E-state index contributed by atoms with van der Waals surface area (Å²) in [6.07, 6.45) is -0.0397. The number of carbonyl (C=O) groups is 1. The molecule has 2 atom stereocenters. The minimum absolute atomic E-state index is 0.141. The fourth-order valence-corrected chi connectivity index (χ4v) is 2.50. The first kappa shape index (κ1) is 19.6. The van der Waals surface area contributed by atoms with Gasteiger partial charge in [0.1, 0.15) is 12.4 Å². The standard InChI is InChI=1S/C21H27NO4/c1-5-17(26-20-13-9-8-12-19(20)24-4)21(23)22-16(3)14-25-18-11-7-6-10-15(18)2/h6-13,16-17H,5,14H2,1-4H3,(H,22,23). The van der Waals surface area contributed by atoms with Crippen LogP contribution in [0.2, 0.25) is 0 Å². The molecule has 0 aliphatic carbocycles. The van der Waals surface area contributed by atoms with Crippen LogP contribution in [0.15, 0.2) is 48.5 Å². The summed E-state index contributed by atoms with van der Waals surface area (Å²) in [4.78, 5) is 12.5. The molecular weight excluding hydrogens is 330 g/mol. The second-order valence-electron chi connectivity index (χ2n) is 6.15. The average molecular weight is 357 g/mol. The van der Waals surface area contributed by atoms with Crippen molar-refractivity contribution in [2.75, 3.05) is 13.7 Å². The van der Waals surface area contributed by atoms with Crippen LogP contribution < -0.4 is 19.5 Å². The Hall–Kier alpha value is -2.69. The maximum Gasteiger partial charge on any atom is 0.261 e. The summed E-state index contributed by atoms with van der Waals surface area (Å²) in [6, 6.07) is 15.0. The van der Waals surface area contributed by atoms with Gasteiger partial charge in [0.2, 0.25) is 0 Å². The van der Waals surface area contributed by atoms with Crippen LogP contribution in [0.1, 0.15) is 25.8 Å². The molecule has 0 heterocycles. The van der Waals surface area contributed by atoms with Crippen LogP contribution in [0.3, 0.4) is 0 Å².